The van der Waals surface area contributed by atoms with Crippen LogP contribution in [0, 0.1) is 0 Å². The largest absolute Gasteiger partial charge is 0.465 e. The topological polar surface area (TPSA) is 75.7 Å². The van der Waals surface area contributed by atoms with Gasteiger partial charge in [-0.25, -0.2) is 4.79 Å². The zero-order chi connectivity index (χ0) is 18.1. The van der Waals surface area contributed by atoms with Crippen molar-refractivity contribution in [3.63, 3.8) is 0 Å². The quantitative estimate of drug-likeness (QED) is 0.728. The summed E-state index contributed by atoms with van der Waals surface area (Å²) in [4.78, 5) is 36.8. The molecule has 0 heterocycles. The van der Waals surface area contributed by atoms with Gasteiger partial charge in [-0.1, -0.05) is 24.9 Å². The summed E-state index contributed by atoms with van der Waals surface area (Å²) in [5.74, 6) is -0.840. The number of anilines is 1. The number of rotatable bonds is 8. The van der Waals surface area contributed by atoms with E-state index in [4.69, 9.17) is 11.6 Å². The van der Waals surface area contributed by atoms with Gasteiger partial charge in [0.2, 0.25) is 11.8 Å². The summed E-state index contributed by atoms with van der Waals surface area (Å²) in [5.41, 5.74) is 0.637. The second-order valence-electron chi connectivity index (χ2n) is 5.34. The number of hydrogen-bond donors (Lipinski definition) is 1. The predicted molar refractivity (Wildman–Crippen MR) is 93.2 cm³/mol. The van der Waals surface area contributed by atoms with Crippen LogP contribution in [-0.2, 0) is 14.3 Å². The molecule has 1 aromatic rings. The second kappa shape index (κ2) is 9.93. The average Bonchev–Trinajstić information content (AvgIpc) is 2.55. The lowest BCUT2D eigenvalue weighted by Gasteiger charge is -2.20. The average molecular weight is 355 g/mol. The van der Waals surface area contributed by atoms with Gasteiger partial charge in [-0.15, -0.1) is 0 Å². The van der Waals surface area contributed by atoms with Gasteiger partial charge >= 0.3 is 5.97 Å². The Labute approximate surface area is 147 Å². The third-order valence-electron chi connectivity index (χ3n) is 3.50. The maximum absolute atomic E-state index is 12.1. The van der Waals surface area contributed by atoms with Gasteiger partial charge in [-0.05, 0) is 24.6 Å². The highest BCUT2D eigenvalue weighted by molar-refractivity contribution is 6.33. The van der Waals surface area contributed by atoms with Crippen LogP contribution in [0.3, 0.4) is 0 Å². The third-order valence-corrected chi connectivity index (χ3v) is 3.83. The fraction of sp³-hybridized carbons (Fsp3) is 0.471. The standard InChI is InChI=1S/C17H23ClN2O4/c1-4-5-9-20(12(2)21)10-8-16(22)19-15-11-13(17(23)24-3)6-7-14(15)18/h6-7,11H,4-5,8-10H2,1-3H3,(H,19,22). The molecule has 0 aliphatic heterocycles. The van der Waals surface area contributed by atoms with Crippen LogP contribution < -0.4 is 5.32 Å². The molecule has 7 heteroatoms. The first-order chi connectivity index (χ1) is 11.4. The Morgan fingerprint density at radius 2 is 1.96 bits per heavy atom. The Bertz CT molecular complexity index is 604. The van der Waals surface area contributed by atoms with Gasteiger partial charge in [0.15, 0.2) is 0 Å². The first-order valence-corrected chi connectivity index (χ1v) is 8.20. The van der Waals surface area contributed by atoms with Gasteiger partial charge in [-0.3, -0.25) is 9.59 Å². The summed E-state index contributed by atoms with van der Waals surface area (Å²) in [7, 11) is 1.28. The van der Waals surface area contributed by atoms with Crippen molar-refractivity contribution in [2.24, 2.45) is 0 Å². The third kappa shape index (κ3) is 6.20. The molecule has 0 spiro atoms. The molecule has 2 amide bonds. The minimum atomic E-state index is -0.510. The van der Waals surface area contributed by atoms with Gasteiger partial charge < -0.3 is 15.0 Å². The molecule has 0 aliphatic rings. The molecule has 1 aromatic carbocycles. The Morgan fingerprint density at radius 3 is 2.54 bits per heavy atom. The van der Waals surface area contributed by atoms with Crippen LogP contribution in [-0.4, -0.2) is 42.9 Å². The molecule has 0 fully saturated rings. The maximum Gasteiger partial charge on any atom is 0.337 e. The molecule has 0 unspecified atom stereocenters. The van der Waals surface area contributed by atoms with Crippen molar-refractivity contribution < 1.29 is 19.1 Å². The van der Waals surface area contributed by atoms with E-state index in [0.29, 0.717) is 29.4 Å². The van der Waals surface area contributed by atoms with Crippen LogP contribution in [0.25, 0.3) is 0 Å². The fourth-order valence-electron chi connectivity index (χ4n) is 2.09. The summed E-state index contributed by atoms with van der Waals surface area (Å²) in [5, 5.41) is 2.99. The van der Waals surface area contributed by atoms with Crippen molar-refractivity contribution in [2.45, 2.75) is 33.1 Å². The summed E-state index contributed by atoms with van der Waals surface area (Å²) in [6, 6.07) is 4.50. The summed E-state index contributed by atoms with van der Waals surface area (Å²) < 4.78 is 4.64. The highest BCUT2D eigenvalue weighted by Crippen LogP contribution is 2.23. The lowest BCUT2D eigenvalue weighted by atomic mass is 10.2. The van der Waals surface area contributed by atoms with Gasteiger partial charge in [0.05, 0.1) is 23.4 Å². The van der Waals surface area contributed by atoms with E-state index < -0.39 is 5.97 Å². The fourth-order valence-corrected chi connectivity index (χ4v) is 2.26. The lowest BCUT2D eigenvalue weighted by Crippen LogP contribution is -2.32. The van der Waals surface area contributed by atoms with Crippen molar-refractivity contribution in [3.05, 3.63) is 28.8 Å². The van der Waals surface area contributed by atoms with Crippen LogP contribution in [0.5, 0.6) is 0 Å². The summed E-state index contributed by atoms with van der Waals surface area (Å²) in [6.07, 6.45) is 2.03. The van der Waals surface area contributed by atoms with E-state index in [0.717, 1.165) is 12.8 Å². The summed E-state index contributed by atoms with van der Waals surface area (Å²) >= 11 is 6.04. The normalized spacial score (nSPS) is 10.2. The van der Waals surface area contributed by atoms with Gasteiger partial charge in [-0.2, -0.15) is 0 Å². The molecule has 132 valence electrons. The number of methoxy groups -OCH3 is 1. The molecule has 1 rings (SSSR count). The Morgan fingerprint density at radius 1 is 1.25 bits per heavy atom. The number of nitrogens with zero attached hydrogens (tertiary/aromatic N) is 1. The molecular weight excluding hydrogens is 332 g/mol. The number of benzene rings is 1. The molecular formula is C17H23ClN2O4. The second-order valence-corrected chi connectivity index (χ2v) is 5.75. The van der Waals surface area contributed by atoms with E-state index in [1.165, 1.54) is 32.2 Å². The molecule has 0 atom stereocenters. The number of hydrogen-bond acceptors (Lipinski definition) is 4. The number of esters is 1. The molecule has 0 aliphatic carbocycles. The van der Waals surface area contributed by atoms with Crippen LogP contribution in [0.2, 0.25) is 5.02 Å². The molecule has 0 radical (unpaired) electrons. The number of halogens is 1. The highest BCUT2D eigenvalue weighted by atomic mass is 35.5. The van der Waals surface area contributed by atoms with Crippen molar-refractivity contribution in [1.82, 2.24) is 4.90 Å². The zero-order valence-corrected chi connectivity index (χ0v) is 15.0. The van der Waals surface area contributed by atoms with E-state index >= 15 is 0 Å². The molecule has 0 aromatic heterocycles. The molecule has 1 N–H and O–H groups in total. The highest BCUT2D eigenvalue weighted by Gasteiger charge is 2.13. The van der Waals surface area contributed by atoms with Crippen molar-refractivity contribution in [1.29, 1.82) is 0 Å². The monoisotopic (exact) mass is 354 g/mol. The van der Waals surface area contributed by atoms with Crippen LogP contribution in [0.4, 0.5) is 5.69 Å². The number of amides is 2. The van der Waals surface area contributed by atoms with Gasteiger partial charge in [0.1, 0.15) is 0 Å². The maximum atomic E-state index is 12.1. The van der Waals surface area contributed by atoms with E-state index in [9.17, 15) is 14.4 Å². The molecule has 0 bridgehead atoms. The first kappa shape index (κ1) is 20.0. The number of ether oxygens (including phenoxy) is 1. The van der Waals surface area contributed by atoms with Gasteiger partial charge in [0, 0.05) is 26.4 Å². The minimum Gasteiger partial charge on any atom is -0.465 e. The van der Waals surface area contributed by atoms with Crippen molar-refractivity contribution in [2.75, 3.05) is 25.5 Å². The Hall–Kier alpha value is -2.08. The number of carbonyl (C=O) groups is 3. The zero-order valence-electron chi connectivity index (χ0n) is 14.2. The Kier molecular flexibility index (Phi) is 8.26. The smallest absolute Gasteiger partial charge is 0.337 e. The lowest BCUT2D eigenvalue weighted by molar-refractivity contribution is -0.129. The van der Waals surface area contributed by atoms with Crippen LogP contribution >= 0.6 is 11.6 Å². The molecule has 0 saturated carbocycles. The van der Waals surface area contributed by atoms with E-state index in [2.05, 4.69) is 10.1 Å². The van der Waals surface area contributed by atoms with Crippen LogP contribution in [0.1, 0.15) is 43.5 Å². The minimum absolute atomic E-state index is 0.0537. The van der Waals surface area contributed by atoms with E-state index in [-0.39, 0.29) is 18.2 Å². The Balaban J connectivity index is 2.67. The van der Waals surface area contributed by atoms with Gasteiger partial charge in [0.25, 0.3) is 0 Å². The van der Waals surface area contributed by atoms with Crippen LogP contribution in [0.15, 0.2) is 18.2 Å². The number of carbonyl (C=O) groups excluding carboxylic acids is 3. The number of nitrogens with one attached hydrogen (secondary N) is 1. The number of unbranched alkanes of at least 4 members (excludes halogenated alkanes) is 1. The predicted octanol–water partition coefficient (Wildman–Crippen LogP) is 3.10. The first-order valence-electron chi connectivity index (χ1n) is 7.82. The molecule has 6 nitrogen and oxygen atoms in total. The van der Waals surface area contributed by atoms with E-state index in [1.807, 2.05) is 6.92 Å². The SMILES string of the molecule is CCCCN(CCC(=O)Nc1cc(C(=O)OC)ccc1Cl)C(C)=O. The van der Waals surface area contributed by atoms with E-state index in [1.54, 1.807) is 4.90 Å². The molecule has 0 saturated heterocycles. The molecule has 24 heavy (non-hydrogen) atoms. The van der Waals surface area contributed by atoms with Crippen molar-refractivity contribution in [3.8, 4) is 0 Å². The summed E-state index contributed by atoms with van der Waals surface area (Å²) in [6.45, 7) is 4.51. The van der Waals surface area contributed by atoms with Crippen molar-refractivity contribution >= 4 is 35.1 Å².